The molecule has 0 saturated heterocycles. The lowest BCUT2D eigenvalue weighted by Gasteiger charge is -2.37. The maximum atomic E-state index is 11.1. The zero-order chi connectivity index (χ0) is 12.3. The van der Waals surface area contributed by atoms with E-state index in [0.717, 1.165) is 24.2 Å². The van der Waals surface area contributed by atoms with E-state index in [1.807, 2.05) is 0 Å². The van der Waals surface area contributed by atoms with Gasteiger partial charge in [-0.2, -0.15) is 0 Å². The Kier molecular flexibility index (Phi) is 4.64. The van der Waals surface area contributed by atoms with E-state index in [0.29, 0.717) is 11.7 Å². The smallest absolute Gasteiger partial charge is 0.130 e. The molecule has 0 aromatic rings. The standard InChI is InChI=1S/C16H28O/c1-12-3-7-15(8-4-12)16-9-5-14(6-10-16)11-13(2)17/h12,14-16H,3-11H2,1-2H3. The van der Waals surface area contributed by atoms with Crippen molar-refractivity contribution in [3.8, 4) is 0 Å². The molecule has 2 aliphatic carbocycles. The molecule has 0 spiro atoms. The normalized spacial score (nSPS) is 38.9. The average molecular weight is 236 g/mol. The van der Waals surface area contributed by atoms with Crippen LogP contribution in [-0.4, -0.2) is 5.78 Å². The van der Waals surface area contributed by atoms with Gasteiger partial charge in [-0.15, -0.1) is 0 Å². The number of rotatable bonds is 3. The summed E-state index contributed by atoms with van der Waals surface area (Å²) in [4.78, 5) is 11.1. The van der Waals surface area contributed by atoms with Crippen molar-refractivity contribution in [1.82, 2.24) is 0 Å². The van der Waals surface area contributed by atoms with Crippen LogP contribution in [-0.2, 0) is 4.79 Å². The molecule has 0 N–H and O–H groups in total. The predicted octanol–water partition coefficient (Wildman–Crippen LogP) is 4.60. The molecule has 0 aromatic heterocycles. The van der Waals surface area contributed by atoms with Gasteiger partial charge in [0, 0.05) is 6.42 Å². The predicted molar refractivity (Wildman–Crippen MR) is 71.9 cm³/mol. The van der Waals surface area contributed by atoms with Crippen LogP contribution in [0.2, 0.25) is 0 Å². The molecule has 0 radical (unpaired) electrons. The lowest BCUT2D eigenvalue weighted by molar-refractivity contribution is -0.118. The van der Waals surface area contributed by atoms with Crippen molar-refractivity contribution in [2.75, 3.05) is 0 Å². The molecule has 0 bridgehead atoms. The van der Waals surface area contributed by atoms with Crippen LogP contribution in [0.5, 0.6) is 0 Å². The highest BCUT2D eigenvalue weighted by molar-refractivity contribution is 5.75. The Labute approximate surface area is 106 Å². The van der Waals surface area contributed by atoms with E-state index in [1.54, 1.807) is 6.92 Å². The first-order chi connectivity index (χ1) is 8.15. The minimum Gasteiger partial charge on any atom is -0.300 e. The second-order valence-corrected chi connectivity index (χ2v) is 6.71. The van der Waals surface area contributed by atoms with Crippen LogP contribution >= 0.6 is 0 Å². The van der Waals surface area contributed by atoms with Crippen molar-refractivity contribution >= 4 is 5.78 Å². The Morgan fingerprint density at radius 1 is 0.882 bits per heavy atom. The highest BCUT2D eigenvalue weighted by atomic mass is 16.1. The Morgan fingerprint density at radius 2 is 1.35 bits per heavy atom. The summed E-state index contributed by atoms with van der Waals surface area (Å²) in [6, 6.07) is 0. The van der Waals surface area contributed by atoms with Crippen molar-refractivity contribution in [2.24, 2.45) is 23.7 Å². The van der Waals surface area contributed by atoms with Gasteiger partial charge in [-0.1, -0.05) is 19.8 Å². The van der Waals surface area contributed by atoms with Crippen LogP contribution in [0, 0.1) is 23.7 Å². The molecule has 2 aliphatic rings. The minimum atomic E-state index is 0.389. The molecule has 2 saturated carbocycles. The molecule has 0 atom stereocenters. The minimum absolute atomic E-state index is 0.389. The van der Waals surface area contributed by atoms with E-state index in [2.05, 4.69) is 6.92 Å². The fraction of sp³-hybridized carbons (Fsp3) is 0.938. The molecule has 0 unspecified atom stereocenters. The Bertz CT molecular complexity index is 242. The van der Waals surface area contributed by atoms with Gasteiger partial charge in [-0.05, 0) is 69.1 Å². The third-order valence-corrected chi connectivity index (χ3v) is 5.19. The highest BCUT2D eigenvalue weighted by Crippen LogP contribution is 2.41. The van der Waals surface area contributed by atoms with Crippen LogP contribution < -0.4 is 0 Å². The van der Waals surface area contributed by atoms with Gasteiger partial charge in [0.1, 0.15) is 5.78 Å². The molecule has 17 heavy (non-hydrogen) atoms. The number of hydrogen-bond acceptors (Lipinski definition) is 1. The molecule has 0 aliphatic heterocycles. The van der Waals surface area contributed by atoms with Gasteiger partial charge in [-0.25, -0.2) is 0 Å². The Hall–Kier alpha value is -0.330. The summed E-state index contributed by atoms with van der Waals surface area (Å²) in [7, 11) is 0. The molecule has 0 amide bonds. The van der Waals surface area contributed by atoms with E-state index < -0.39 is 0 Å². The van der Waals surface area contributed by atoms with E-state index in [4.69, 9.17) is 0 Å². The summed E-state index contributed by atoms with van der Waals surface area (Å²) in [6.07, 6.45) is 12.1. The first-order valence-electron chi connectivity index (χ1n) is 7.64. The van der Waals surface area contributed by atoms with Gasteiger partial charge in [0.05, 0.1) is 0 Å². The monoisotopic (exact) mass is 236 g/mol. The fourth-order valence-corrected chi connectivity index (χ4v) is 4.03. The second kappa shape index (κ2) is 6.02. The van der Waals surface area contributed by atoms with Gasteiger partial charge in [0.2, 0.25) is 0 Å². The molecule has 1 nitrogen and oxygen atoms in total. The van der Waals surface area contributed by atoms with Crippen LogP contribution in [0.15, 0.2) is 0 Å². The number of Topliss-reactive ketones (excluding diaryl/α,β-unsaturated/α-hetero) is 1. The number of carbonyl (C=O) groups excluding carboxylic acids is 1. The molecule has 1 heteroatoms. The van der Waals surface area contributed by atoms with Crippen molar-refractivity contribution in [3.05, 3.63) is 0 Å². The second-order valence-electron chi connectivity index (χ2n) is 6.71. The van der Waals surface area contributed by atoms with Gasteiger partial charge in [-0.3, -0.25) is 0 Å². The largest absolute Gasteiger partial charge is 0.300 e. The molecule has 2 fully saturated rings. The topological polar surface area (TPSA) is 17.1 Å². The first kappa shape index (κ1) is 13.1. The maximum Gasteiger partial charge on any atom is 0.130 e. The molecule has 2 rings (SSSR count). The van der Waals surface area contributed by atoms with Crippen LogP contribution in [0.25, 0.3) is 0 Å². The van der Waals surface area contributed by atoms with Crippen molar-refractivity contribution in [2.45, 2.75) is 71.6 Å². The van der Waals surface area contributed by atoms with Crippen LogP contribution in [0.4, 0.5) is 0 Å². The van der Waals surface area contributed by atoms with Crippen molar-refractivity contribution in [3.63, 3.8) is 0 Å². The zero-order valence-electron chi connectivity index (χ0n) is 11.6. The number of ketones is 1. The summed E-state index contributed by atoms with van der Waals surface area (Å²) < 4.78 is 0. The Balaban J connectivity index is 1.73. The fourth-order valence-electron chi connectivity index (χ4n) is 4.03. The van der Waals surface area contributed by atoms with E-state index in [-0.39, 0.29) is 0 Å². The van der Waals surface area contributed by atoms with E-state index in [9.17, 15) is 4.79 Å². The van der Waals surface area contributed by atoms with Crippen molar-refractivity contribution < 1.29 is 4.79 Å². The zero-order valence-corrected chi connectivity index (χ0v) is 11.6. The van der Waals surface area contributed by atoms with Gasteiger partial charge >= 0.3 is 0 Å². The lowest BCUT2D eigenvalue weighted by Crippen LogP contribution is -2.25. The highest BCUT2D eigenvalue weighted by Gasteiger charge is 2.30. The number of carbonyl (C=O) groups is 1. The van der Waals surface area contributed by atoms with E-state index >= 15 is 0 Å². The van der Waals surface area contributed by atoms with E-state index in [1.165, 1.54) is 51.4 Å². The third kappa shape index (κ3) is 3.82. The van der Waals surface area contributed by atoms with Gasteiger partial charge in [0.15, 0.2) is 0 Å². The molecule has 98 valence electrons. The average Bonchev–Trinajstić information content (AvgIpc) is 2.30. The maximum absolute atomic E-state index is 11.1. The SMILES string of the molecule is CC(=O)CC1CCC(C2CCC(C)CC2)CC1. The molecule has 0 aromatic carbocycles. The molecular formula is C16H28O. The first-order valence-corrected chi connectivity index (χ1v) is 7.64. The van der Waals surface area contributed by atoms with Crippen LogP contribution in [0.3, 0.4) is 0 Å². The van der Waals surface area contributed by atoms with Gasteiger partial charge in [0.25, 0.3) is 0 Å². The quantitative estimate of drug-likeness (QED) is 0.700. The molecule has 0 heterocycles. The molecular weight excluding hydrogens is 208 g/mol. The lowest BCUT2D eigenvalue weighted by atomic mass is 9.69. The van der Waals surface area contributed by atoms with Crippen molar-refractivity contribution in [1.29, 1.82) is 0 Å². The third-order valence-electron chi connectivity index (χ3n) is 5.19. The summed E-state index contributed by atoms with van der Waals surface area (Å²) in [5.74, 6) is 4.08. The summed E-state index contributed by atoms with van der Waals surface area (Å²) >= 11 is 0. The summed E-state index contributed by atoms with van der Waals surface area (Å²) in [6.45, 7) is 4.15. The van der Waals surface area contributed by atoms with Crippen LogP contribution in [0.1, 0.15) is 71.6 Å². The van der Waals surface area contributed by atoms with Gasteiger partial charge < -0.3 is 4.79 Å². The number of hydrogen-bond donors (Lipinski definition) is 0. The summed E-state index contributed by atoms with van der Waals surface area (Å²) in [5.41, 5.74) is 0. The Morgan fingerprint density at radius 3 is 1.82 bits per heavy atom. The summed E-state index contributed by atoms with van der Waals surface area (Å²) in [5, 5.41) is 0.